The molecule has 0 spiro atoms. The Balaban J connectivity index is 1.79. The third-order valence-electron chi connectivity index (χ3n) is 7.02. The van der Waals surface area contributed by atoms with E-state index in [1.807, 2.05) is 90.7 Å². The molecular weight excluding hydrogens is 472 g/mol. The van der Waals surface area contributed by atoms with Crippen molar-refractivity contribution in [1.29, 1.82) is 0 Å². The largest absolute Gasteiger partial charge is 0.334 e. The minimum absolute atomic E-state index is 0.119. The number of aryl methyl sites for hydroxylation is 1. The van der Waals surface area contributed by atoms with Gasteiger partial charge in [-0.15, -0.1) is 0 Å². The fourth-order valence-corrected chi connectivity index (χ4v) is 4.85. The molecule has 1 unspecified atom stereocenters. The highest BCUT2D eigenvalue weighted by atomic mass is 16.2. The van der Waals surface area contributed by atoms with Crippen LogP contribution in [0.3, 0.4) is 0 Å². The first-order chi connectivity index (χ1) is 18.6. The van der Waals surface area contributed by atoms with Crippen molar-refractivity contribution in [3.05, 3.63) is 106 Å². The number of para-hydroxylation sites is 1. The van der Waals surface area contributed by atoms with Crippen LogP contribution in [-0.2, 0) is 13.0 Å². The Morgan fingerprint density at radius 2 is 1.61 bits per heavy atom. The van der Waals surface area contributed by atoms with Gasteiger partial charge in [-0.25, -0.2) is 9.78 Å². The van der Waals surface area contributed by atoms with Gasteiger partial charge in [0.05, 0.1) is 22.6 Å². The second-order valence-electron chi connectivity index (χ2n) is 9.62. The number of fused-ring (bicyclic) bond motifs is 1. The zero-order valence-corrected chi connectivity index (χ0v) is 22.7. The molecule has 6 nitrogen and oxygen atoms in total. The average Bonchev–Trinajstić information content (AvgIpc) is 2.96. The summed E-state index contributed by atoms with van der Waals surface area (Å²) in [5.74, 6) is 0.590. The van der Waals surface area contributed by atoms with Gasteiger partial charge in [0.1, 0.15) is 5.82 Å². The Morgan fingerprint density at radius 3 is 2.29 bits per heavy atom. The fourth-order valence-electron chi connectivity index (χ4n) is 4.85. The number of rotatable bonds is 11. The van der Waals surface area contributed by atoms with Crippen molar-refractivity contribution in [1.82, 2.24) is 19.8 Å². The lowest BCUT2D eigenvalue weighted by molar-refractivity contribution is 0.166. The average molecular weight is 511 g/mol. The Morgan fingerprint density at radius 1 is 0.895 bits per heavy atom. The van der Waals surface area contributed by atoms with Gasteiger partial charge in [0.25, 0.3) is 5.56 Å². The summed E-state index contributed by atoms with van der Waals surface area (Å²) in [6, 6.07) is 24.9. The van der Waals surface area contributed by atoms with Crippen LogP contribution < -0.4 is 10.9 Å². The number of unbranched alkanes of at least 4 members (excludes halogenated alkanes) is 2. The van der Waals surface area contributed by atoms with Gasteiger partial charge in [-0.1, -0.05) is 88.2 Å². The van der Waals surface area contributed by atoms with Crippen LogP contribution in [0.25, 0.3) is 16.6 Å². The number of carbonyl (C=O) groups is 1. The van der Waals surface area contributed by atoms with Crippen LogP contribution in [0, 0.1) is 0 Å². The van der Waals surface area contributed by atoms with E-state index in [0.29, 0.717) is 36.2 Å². The molecule has 0 saturated carbocycles. The summed E-state index contributed by atoms with van der Waals surface area (Å²) < 4.78 is 1.70. The first-order valence-corrected chi connectivity index (χ1v) is 13.8. The summed E-state index contributed by atoms with van der Waals surface area (Å²) in [4.78, 5) is 34.4. The van der Waals surface area contributed by atoms with Crippen LogP contribution >= 0.6 is 0 Å². The third kappa shape index (κ3) is 6.13. The van der Waals surface area contributed by atoms with Gasteiger partial charge < -0.3 is 10.2 Å². The van der Waals surface area contributed by atoms with Crippen molar-refractivity contribution in [3.63, 3.8) is 0 Å². The Kier molecular flexibility index (Phi) is 9.30. The molecule has 1 aromatic heterocycles. The number of carbonyl (C=O) groups excluding carboxylic acids is 1. The molecule has 3 aromatic carbocycles. The lowest BCUT2D eigenvalue weighted by atomic mass is 10.1. The van der Waals surface area contributed by atoms with Crippen molar-refractivity contribution in [2.24, 2.45) is 0 Å². The van der Waals surface area contributed by atoms with Gasteiger partial charge in [0, 0.05) is 13.1 Å². The number of benzene rings is 3. The SMILES string of the molecule is CCCCCN(C(=O)NCc1ccccc1)C(CC)c1nc2ccccc2c(=O)n1-c1ccc(CC)cc1. The van der Waals surface area contributed by atoms with E-state index in [2.05, 4.69) is 19.2 Å². The Labute approximate surface area is 225 Å². The molecule has 4 aromatic rings. The highest BCUT2D eigenvalue weighted by Crippen LogP contribution is 2.27. The van der Waals surface area contributed by atoms with E-state index in [9.17, 15) is 9.59 Å². The lowest BCUT2D eigenvalue weighted by Crippen LogP contribution is -2.44. The van der Waals surface area contributed by atoms with Crippen LogP contribution in [-0.4, -0.2) is 27.0 Å². The highest BCUT2D eigenvalue weighted by Gasteiger charge is 2.29. The Hall–Kier alpha value is -3.93. The molecule has 0 aliphatic rings. The van der Waals surface area contributed by atoms with Crippen LogP contribution in [0.4, 0.5) is 4.79 Å². The molecule has 6 heteroatoms. The van der Waals surface area contributed by atoms with E-state index in [-0.39, 0.29) is 17.6 Å². The number of hydrogen-bond acceptors (Lipinski definition) is 3. The quantitative estimate of drug-likeness (QED) is 0.226. The van der Waals surface area contributed by atoms with Crippen LogP contribution in [0.15, 0.2) is 83.7 Å². The molecule has 2 amide bonds. The van der Waals surface area contributed by atoms with E-state index in [4.69, 9.17) is 4.98 Å². The number of aromatic nitrogens is 2. The fraction of sp³-hybridized carbons (Fsp3) is 0.344. The number of nitrogens with one attached hydrogen (secondary N) is 1. The first-order valence-electron chi connectivity index (χ1n) is 13.8. The molecule has 0 aliphatic carbocycles. The van der Waals surface area contributed by atoms with Gasteiger partial charge in [-0.2, -0.15) is 0 Å². The molecule has 1 heterocycles. The number of hydrogen-bond donors (Lipinski definition) is 1. The third-order valence-corrected chi connectivity index (χ3v) is 7.02. The predicted molar refractivity (Wildman–Crippen MR) is 155 cm³/mol. The maximum absolute atomic E-state index is 13.9. The summed E-state index contributed by atoms with van der Waals surface area (Å²) in [5.41, 5.74) is 3.53. The highest BCUT2D eigenvalue weighted by molar-refractivity contribution is 5.78. The molecule has 0 saturated heterocycles. The molecule has 38 heavy (non-hydrogen) atoms. The maximum atomic E-state index is 13.9. The summed E-state index contributed by atoms with van der Waals surface area (Å²) in [7, 11) is 0. The molecule has 4 rings (SSSR count). The van der Waals surface area contributed by atoms with E-state index in [0.717, 1.165) is 36.9 Å². The summed E-state index contributed by atoms with van der Waals surface area (Å²) >= 11 is 0. The van der Waals surface area contributed by atoms with E-state index in [1.165, 1.54) is 5.56 Å². The molecule has 1 atom stereocenters. The zero-order chi connectivity index (χ0) is 26.9. The smallest absolute Gasteiger partial charge is 0.318 e. The first kappa shape index (κ1) is 27.1. The number of urea groups is 1. The van der Waals surface area contributed by atoms with E-state index in [1.54, 1.807) is 4.57 Å². The minimum atomic E-state index is -0.370. The molecule has 0 aliphatic heterocycles. The maximum Gasteiger partial charge on any atom is 0.318 e. The van der Waals surface area contributed by atoms with Crippen molar-refractivity contribution < 1.29 is 4.79 Å². The zero-order valence-electron chi connectivity index (χ0n) is 22.7. The van der Waals surface area contributed by atoms with Crippen molar-refractivity contribution in [3.8, 4) is 5.69 Å². The van der Waals surface area contributed by atoms with Gasteiger partial charge in [-0.3, -0.25) is 9.36 Å². The summed E-state index contributed by atoms with van der Waals surface area (Å²) in [5, 5.41) is 3.67. The van der Waals surface area contributed by atoms with Crippen LogP contribution in [0.2, 0.25) is 0 Å². The molecular formula is C32H38N4O2. The summed E-state index contributed by atoms with van der Waals surface area (Å²) in [6.45, 7) is 7.34. The monoisotopic (exact) mass is 510 g/mol. The van der Waals surface area contributed by atoms with Gasteiger partial charge >= 0.3 is 6.03 Å². The number of amides is 2. The van der Waals surface area contributed by atoms with Gasteiger partial charge in [0.2, 0.25) is 0 Å². The number of nitrogens with zero attached hydrogens (tertiary/aromatic N) is 3. The minimum Gasteiger partial charge on any atom is -0.334 e. The van der Waals surface area contributed by atoms with E-state index >= 15 is 0 Å². The molecule has 0 bridgehead atoms. The molecule has 198 valence electrons. The van der Waals surface area contributed by atoms with Crippen molar-refractivity contribution in [2.45, 2.75) is 65.5 Å². The predicted octanol–water partition coefficient (Wildman–Crippen LogP) is 6.80. The molecule has 1 N–H and O–H groups in total. The molecule has 0 fully saturated rings. The second kappa shape index (κ2) is 13.0. The van der Waals surface area contributed by atoms with Gasteiger partial charge in [0.15, 0.2) is 0 Å². The Bertz CT molecular complexity index is 1400. The van der Waals surface area contributed by atoms with Crippen LogP contribution in [0.5, 0.6) is 0 Å². The van der Waals surface area contributed by atoms with Gasteiger partial charge in [-0.05, 0) is 54.7 Å². The van der Waals surface area contributed by atoms with Crippen molar-refractivity contribution in [2.75, 3.05) is 6.54 Å². The van der Waals surface area contributed by atoms with Crippen molar-refractivity contribution >= 4 is 16.9 Å². The topological polar surface area (TPSA) is 67.2 Å². The van der Waals surface area contributed by atoms with E-state index < -0.39 is 0 Å². The molecule has 0 radical (unpaired) electrons. The lowest BCUT2D eigenvalue weighted by Gasteiger charge is -2.32. The normalized spacial score (nSPS) is 11.9. The van der Waals surface area contributed by atoms with Crippen LogP contribution in [0.1, 0.15) is 69.4 Å². The standard InChI is InChI=1S/C32H38N4O2/c1-4-7-13-22-35(32(38)33-23-25-14-9-8-10-15-25)29(6-3)30-34-28-17-12-11-16-27(28)31(37)36(30)26-20-18-24(5-2)19-21-26/h8-12,14-21,29H,4-7,13,22-23H2,1-3H3,(H,33,38). The second-order valence-corrected chi connectivity index (χ2v) is 9.62. The summed E-state index contributed by atoms with van der Waals surface area (Å²) in [6.07, 6.45) is 4.51.